The second-order valence-corrected chi connectivity index (χ2v) is 7.27. The molecule has 0 unspecified atom stereocenters. The van der Waals surface area contributed by atoms with Crippen LogP contribution in [-0.4, -0.2) is 36.6 Å². The monoisotopic (exact) mass is 361 g/mol. The van der Waals surface area contributed by atoms with Crippen molar-refractivity contribution in [3.8, 4) is 0 Å². The third kappa shape index (κ3) is 6.38. The van der Waals surface area contributed by atoms with Gasteiger partial charge in [-0.25, -0.2) is 4.79 Å². The summed E-state index contributed by atoms with van der Waals surface area (Å²) in [6, 6.07) is 7.60. The maximum atomic E-state index is 11.8. The zero-order valence-electron chi connectivity index (χ0n) is 15.6. The van der Waals surface area contributed by atoms with Crippen LogP contribution in [0.3, 0.4) is 0 Å². The number of carbonyl (C=O) groups excluding carboxylic acids is 3. The molecule has 0 bridgehead atoms. The van der Waals surface area contributed by atoms with Crippen molar-refractivity contribution in [2.75, 3.05) is 18.0 Å². The molecule has 0 radical (unpaired) electrons. The number of nitrogens with zero attached hydrogens (tertiary/aromatic N) is 1. The molecular weight excluding hydrogens is 334 g/mol. The van der Waals surface area contributed by atoms with Crippen LogP contribution in [0.15, 0.2) is 24.3 Å². The first-order valence-electron chi connectivity index (χ1n) is 8.87. The van der Waals surface area contributed by atoms with Crippen LogP contribution >= 0.6 is 0 Å². The molecule has 2 rings (SSSR count). The van der Waals surface area contributed by atoms with Gasteiger partial charge in [-0.3, -0.25) is 9.59 Å². The van der Waals surface area contributed by atoms with Gasteiger partial charge in [0.15, 0.2) is 0 Å². The average molecular weight is 361 g/mol. The van der Waals surface area contributed by atoms with Gasteiger partial charge >= 0.3 is 6.09 Å². The molecule has 7 heteroatoms. The van der Waals surface area contributed by atoms with Gasteiger partial charge in [0.05, 0.1) is 0 Å². The van der Waals surface area contributed by atoms with Crippen LogP contribution in [0.2, 0.25) is 0 Å². The molecule has 1 aromatic carbocycles. The summed E-state index contributed by atoms with van der Waals surface area (Å²) >= 11 is 0. The summed E-state index contributed by atoms with van der Waals surface area (Å²) in [5, 5.41) is 5.36. The van der Waals surface area contributed by atoms with Gasteiger partial charge in [0.2, 0.25) is 11.8 Å². The minimum Gasteiger partial charge on any atom is -0.444 e. The Morgan fingerprint density at radius 3 is 2.42 bits per heavy atom. The molecule has 1 aliphatic rings. The molecule has 0 aliphatic carbocycles. The lowest BCUT2D eigenvalue weighted by Crippen LogP contribution is -2.35. The average Bonchev–Trinajstić information content (AvgIpc) is 2.98. The van der Waals surface area contributed by atoms with Crippen molar-refractivity contribution in [3.05, 3.63) is 29.8 Å². The zero-order valence-corrected chi connectivity index (χ0v) is 15.6. The van der Waals surface area contributed by atoms with Crippen LogP contribution in [0, 0.1) is 0 Å². The lowest BCUT2D eigenvalue weighted by molar-refractivity contribution is -0.121. The molecule has 0 spiro atoms. The number of alkyl carbamates (subject to hydrolysis) is 1. The smallest absolute Gasteiger partial charge is 0.407 e. The molecule has 26 heavy (non-hydrogen) atoms. The highest BCUT2D eigenvalue weighted by Gasteiger charge is 2.21. The van der Waals surface area contributed by atoms with Gasteiger partial charge < -0.3 is 20.3 Å². The normalized spacial score (nSPS) is 14.3. The molecule has 1 heterocycles. The molecule has 1 saturated heterocycles. The van der Waals surface area contributed by atoms with E-state index in [4.69, 9.17) is 4.74 Å². The van der Waals surface area contributed by atoms with Crippen molar-refractivity contribution < 1.29 is 19.1 Å². The van der Waals surface area contributed by atoms with E-state index in [0.29, 0.717) is 13.0 Å². The van der Waals surface area contributed by atoms with Crippen LogP contribution in [0.5, 0.6) is 0 Å². The number of hydrogen-bond donors (Lipinski definition) is 2. The number of anilines is 1. The molecule has 142 valence electrons. The van der Waals surface area contributed by atoms with Crippen LogP contribution in [0.1, 0.15) is 45.6 Å². The van der Waals surface area contributed by atoms with E-state index in [0.717, 1.165) is 24.2 Å². The number of carbonyl (C=O) groups is 3. The molecule has 1 fully saturated rings. The van der Waals surface area contributed by atoms with Crippen LogP contribution < -0.4 is 15.5 Å². The second kappa shape index (κ2) is 8.69. The summed E-state index contributed by atoms with van der Waals surface area (Å²) in [4.78, 5) is 36.8. The third-order valence-corrected chi connectivity index (χ3v) is 3.83. The fraction of sp³-hybridized carbons (Fsp3) is 0.526. The summed E-state index contributed by atoms with van der Waals surface area (Å²) in [5.74, 6) is 0.00314. The van der Waals surface area contributed by atoms with E-state index in [2.05, 4.69) is 10.6 Å². The van der Waals surface area contributed by atoms with Gasteiger partial charge in [0.25, 0.3) is 0 Å². The Morgan fingerprint density at radius 2 is 1.85 bits per heavy atom. The first kappa shape index (κ1) is 19.8. The number of nitrogens with one attached hydrogen (secondary N) is 2. The highest BCUT2D eigenvalue weighted by Crippen LogP contribution is 2.21. The number of amides is 3. The Labute approximate surface area is 154 Å². The van der Waals surface area contributed by atoms with Crippen LogP contribution in [0.4, 0.5) is 10.5 Å². The first-order chi connectivity index (χ1) is 12.2. The van der Waals surface area contributed by atoms with Gasteiger partial charge in [-0.15, -0.1) is 0 Å². The van der Waals surface area contributed by atoms with Crippen molar-refractivity contribution in [3.63, 3.8) is 0 Å². The molecule has 0 aromatic heterocycles. The third-order valence-electron chi connectivity index (χ3n) is 3.83. The Hall–Kier alpha value is -2.57. The van der Waals surface area contributed by atoms with E-state index in [1.54, 1.807) is 25.7 Å². The summed E-state index contributed by atoms with van der Waals surface area (Å²) in [6.07, 6.45) is 1.15. The molecule has 0 saturated carbocycles. The topological polar surface area (TPSA) is 87.7 Å². The van der Waals surface area contributed by atoms with Crippen molar-refractivity contribution >= 4 is 23.6 Å². The van der Waals surface area contributed by atoms with Crippen molar-refractivity contribution in [1.82, 2.24) is 10.6 Å². The van der Waals surface area contributed by atoms with E-state index in [9.17, 15) is 14.4 Å². The Kier molecular flexibility index (Phi) is 6.60. The molecule has 7 nitrogen and oxygen atoms in total. The van der Waals surface area contributed by atoms with Crippen molar-refractivity contribution in [1.29, 1.82) is 0 Å². The van der Waals surface area contributed by atoms with E-state index in [1.807, 2.05) is 24.3 Å². The number of hydrogen-bond acceptors (Lipinski definition) is 4. The summed E-state index contributed by atoms with van der Waals surface area (Å²) in [5.41, 5.74) is 1.29. The highest BCUT2D eigenvalue weighted by molar-refractivity contribution is 5.95. The molecule has 2 N–H and O–H groups in total. The Bertz CT molecular complexity index is 650. The fourth-order valence-electron chi connectivity index (χ4n) is 2.60. The largest absolute Gasteiger partial charge is 0.444 e. The van der Waals surface area contributed by atoms with Gasteiger partial charge in [-0.2, -0.15) is 0 Å². The van der Waals surface area contributed by atoms with Gasteiger partial charge in [-0.05, 0) is 44.9 Å². The first-order valence-corrected chi connectivity index (χ1v) is 8.87. The molecule has 3 amide bonds. The highest BCUT2D eigenvalue weighted by atomic mass is 16.6. The number of benzene rings is 1. The molecule has 0 atom stereocenters. The molecule has 1 aliphatic heterocycles. The SMILES string of the molecule is CC(C)(C)OC(=O)NCCC(=O)NCc1ccc(N2CCCC2=O)cc1. The van der Waals surface area contributed by atoms with Crippen LogP contribution in [-0.2, 0) is 20.9 Å². The minimum absolute atomic E-state index is 0.153. The van der Waals surface area contributed by atoms with Crippen molar-refractivity contribution in [2.24, 2.45) is 0 Å². The lowest BCUT2D eigenvalue weighted by Gasteiger charge is -2.19. The zero-order chi connectivity index (χ0) is 19.2. The van der Waals surface area contributed by atoms with Gasteiger partial charge in [-0.1, -0.05) is 12.1 Å². The summed E-state index contributed by atoms with van der Waals surface area (Å²) in [6.45, 7) is 6.73. The number of ether oxygens (including phenoxy) is 1. The van der Waals surface area contributed by atoms with E-state index >= 15 is 0 Å². The second-order valence-electron chi connectivity index (χ2n) is 7.27. The lowest BCUT2D eigenvalue weighted by atomic mass is 10.2. The quantitative estimate of drug-likeness (QED) is 0.814. The fourth-order valence-corrected chi connectivity index (χ4v) is 2.60. The molecule has 1 aromatic rings. The maximum Gasteiger partial charge on any atom is 0.407 e. The van der Waals surface area contributed by atoms with E-state index < -0.39 is 11.7 Å². The summed E-state index contributed by atoms with van der Waals surface area (Å²) < 4.78 is 5.10. The van der Waals surface area contributed by atoms with E-state index in [1.165, 1.54) is 0 Å². The predicted octanol–water partition coefficient (Wildman–Crippen LogP) is 2.34. The maximum absolute atomic E-state index is 11.8. The molecular formula is C19H27N3O4. The Morgan fingerprint density at radius 1 is 1.15 bits per heavy atom. The predicted molar refractivity (Wildman–Crippen MR) is 98.7 cm³/mol. The van der Waals surface area contributed by atoms with Crippen molar-refractivity contribution in [2.45, 2.75) is 52.2 Å². The van der Waals surface area contributed by atoms with E-state index in [-0.39, 0.29) is 24.8 Å². The number of rotatable bonds is 6. The van der Waals surface area contributed by atoms with Crippen LogP contribution in [0.25, 0.3) is 0 Å². The minimum atomic E-state index is -0.557. The Balaban J connectivity index is 1.69. The summed E-state index contributed by atoms with van der Waals surface area (Å²) in [7, 11) is 0. The van der Waals surface area contributed by atoms with Gasteiger partial charge in [0.1, 0.15) is 5.60 Å². The standard InChI is InChI=1S/C19H27N3O4/c1-19(2,3)26-18(25)20-11-10-16(23)21-13-14-6-8-15(9-7-14)22-12-4-5-17(22)24/h6-9H,4-5,10-13H2,1-3H3,(H,20,25)(H,21,23). The van der Waals surface area contributed by atoms with Gasteiger partial charge in [0, 0.05) is 38.2 Å².